The Morgan fingerprint density at radius 3 is 2.50 bits per heavy atom. The number of halogens is 2. The zero-order chi connectivity index (χ0) is 24.7. The number of aromatic nitrogens is 3. The third-order valence-corrected chi connectivity index (χ3v) is 6.11. The van der Waals surface area contributed by atoms with Gasteiger partial charge in [-0.15, -0.1) is 0 Å². The molecule has 0 aliphatic carbocycles. The molecule has 2 aromatic carbocycles. The Bertz CT molecular complexity index is 1500. The molecule has 0 radical (unpaired) electrons. The van der Waals surface area contributed by atoms with Crippen molar-refractivity contribution in [2.24, 2.45) is 0 Å². The average molecular weight is 485 g/mol. The van der Waals surface area contributed by atoms with Crippen LogP contribution in [0.2, 0.25) is 0 Å². The average Bonchev–Trinajstić information content (AvgIpc) is 3.42. The molecule has 1 amide bonds. The number of nitrogens with zero attached hydrogens (tertiary/aromatic N) is 4. The van der Waals surface area contributed by atoms with Gasteiger partial charge in [-0.2, -0.15) is 0 Å². The fourth-order valence-electron chi connectivity index (χ4n) is 4.20. The first kappa shape index (κ1) is 22.1. The zero-order valence-corrected chi connectivity index (χ0v) is 19.0. The zero-order valence-electron chi connectivity index (χ0n) is 19.0. The molecule has 36 heavy (non-hydrogen) atoms. The minimum Gasteiger partial charge on any atom is -0.340 e. The van der Waals surface area contributed by atoms with E-state index in [2.05, 4.69) is 31.1 Å². The van der Waals surface area contributed by atoms with Gasteiger partial charge in [-0.25, -0.2) is 29.2 Å². The number of benzene rings is 2. The first-order chi connectivity index (χ1) is 17.4. The third kappa shape index (κ3) is 4.34. The van der Waals surface area contributed by atoms with Gasteiger partial charge in [-0.1, -0.05) is 30.3 Å². The highest BCUT2D eigenvalue weighted by Crippen LogP contribution is 2.29. The van der Waals surface area contributed by atoms with Crippen LogP contribution in [-0.2, 0) is 0 Å². The highest BCUT2D eigenvalue weighted by atomic mass is 19.3. The number of fused-ring (bicyclic) bond motifs is 1. The van der Waals surface area contributed by atoms with Gasteiger partial charge in [0.25, 0.3) is 11.8 Å². The summed E-state index contributed by atoms with van der Waals surface area (Å²) < 4.78 is 26.3. The van der Waals surface area contributed by atoms with Crippen molar-refractivity contribution in [3.8, 4) is 11.4 Å². The molecule has 2 aliphatic heterocycles. The Kier molecular flexibility index (Phi) is 5.30. The van der Waals surface area contributed by atoms with Gasteiger partial charge >= 0.3 is 0 Å². The quantitative estimate of drug-likeness (QED) is 0.394. The van der Waals surface area contributed by atoms with E-state index in [1.807, 2.05) is 42.6 Å². The van der Waals surface area contributed by atoms with E-state index in [1.165, 1.54) is 5.57 Å². The van der Waals surface area contributed by atoms with Crippen molar-refractivity contribution >= 4 is 33.9 Å². The molecular weight excluding hydrogens is 464 g/mol. The lowest BCUT2D eigenvalue weighted by Crippen LogP contribution is -2.58. The maximum atomic E-state index is 13.2. The second kappa shape index (κ2) is 8.65. The first-order valence-electron chi connectivity index (χ1n) is 11.4. The summed E-state index contributed by atoms with van der Waals surface area (Å²) in [6, 6.07) is 18.7. The minimum absolute atomic E-state index is 0.134. The molecule has 2 aliphatic rings. The van der Waals surface area contributed by atoms with Crippen LogP contribution >= 0.6 is 0 Å². The summed E-state index contributed by atoms with van der Waals surface area (Å²) in [5.74, 6) is -2.20. The molecule has 3 N–H and O–H groups in total. The number of anilines is 2. The lowest BCUT2D eigenvalue weighted by atomic mass is 10.1. The Hall–Kier alpha value is -4.44. The molecule has 10 heteroatoms. The molecule has 2 aromatic heterocycles. The molecule has 4 heterocycles. The summed E-state index contributed by atoms with van der Waals surface area (Å²) in [6.45, 7) is -0.380. The molecule has 180 valence electrons. The van der Waals surface area contributed by atoms with E-state index < -0.39 is 24.9 Å². The number of carbonyl (C=O) groups is 1. The molecule has 6 rings (SSSR count). The van der Waals surface area contributed by atoms with E-state index >= 15 is 0 Å². The SMILES string of the molecule is O=C(c1ccc2ccc(-c3nccc(Nc4ccc(C5=CNNC5)cc4)n3)cc2n1)N1CC(F)(F)C1. The fraction of sp³-hybridized carbons (Fsp3) is 0.154. The lowest BCUT2D eigenvalue weighted by Gasteiger charge is -2.38. The van der Waals surface area contributed by atoms with Crippen molar-refractivity contribution < 1.29 is 13.6 Å². The van der Waals surface area contributed by atoms with Crippen molar-refractivity contribution in [2.45, 2.75) is 5.92 Å². The Morgan fingerprint density at radius 1 is 0.972 bits per heavy atom. The summed E-state index contributed by atoms with van der Waals surface area (Å²) >= 11 is 0. The second-order valence-electron chi connectivity index (χ2n) is 8.76. The molecule has 0 bridgehead atoms. The van der Waals surface area contributed by atoms with E-state index in [0.717, 1.165) is 33.6 Å². The fourth-order valence-corrected chi connectivity index (χ4v) is 4.20. The molecule has 0 atom stereocenters. The molecule has 0 saturated carbocycles. The molecule has 0 spiro atoms. The van der Waals surface area contributed by atoms with Crippen molar-refractivity contribution in [2.75, 3.05) is 25.0 Å². The van der Waals surface area contributed by atoms with Crippen LogP contribution in [0.5, 0.6) is 0 Å². The maximum absolute atomic E-state index is 13.2. The molecule has 8 nitrogen and oxygen atoms in total. The normalized spacial score (nSPS) is 16.3. The van der Waals surface area contributed by atoms with E-state index in [1.54, 1.807) is 30.5 Å². The Labute approximate surface area is 205 Å². The van der Waals surface area contributed by atoms with Crippen molar-refractivity contribution in [3.63, 3.8) is 0 Å². The number of alkyl halides is 2. The van der Waals surface area contributed by atoms with Gasteiger partial charge in [0.1, 0.15) is 11.5 Å². The lowest BCUT2D eigenvalue weighted by molar-refractivity contribution is -0.113. The maximum Gasteiger partial charge on any atom is 0.282 e. The standard InChI is InChI=1S/C26H21F2N7O/c27-26(28)14-35(15-26)25(36)21-8-5-17-1-2-18(11-22(17)33-21)24-29-10-9-23(34-24)32-20-6-3-16(4-7-20)19-12-30-31-13-19/h1-12,30-31H,13-15H2,(H,29,32,34). The number of rotatable bonds is 5. The number of pyridine rings is 1. The first-order valence-corrected chi connectivity index (χ1v) is 11.4. The van der Waals surface area contributed by atoms with Crippen LogP contribution in [0.4, 0.5) is 20.3 Å². The van der Waals surface area contributed by atoms with Crippen LogP contribution in [0.15, 0.2) is 73.1 Å². The monoisotopic (exact) mass is 485 g/mol. The second-order valence-corrected chi connectivity index (χ2v) is 8.76. The van der Waals surface area contributed by atoms with Crippen LogP contribution < -0.4 is 16.2 Å². The topological polar surface area (TPSA) is 95.1 Å². The molecule has 1 fully saturated rings. The number of hydrazine groups is 1. The highest BCUT2D eigenvalue weighted by Gasteiger charge is 2.46. The predicted octanol–water partition coefficient (Wildman–Crippen LogP) is 3.98. The molecule has 4 aromatic rings. The van der Waals surface area contributed by atoms with Gasteiger partial charge in [0, 0.05) is 35.6 Å². The summed E-state index contributed by atoms with van der Waals surface area (Å²) in [5.41, 5.74) is 10.7. The molecular formula is C26H21F2N7O. The number of carbonyl (C=O) groups excluding carboxylic acids is 1. The smallest absolute Gasteiger partial charge is 0.282 e. The number of likely N-dealkylation sites (tertiary alicyclic amines) is 1. The van der Waals surface area contributed by atoms with Crippen LogP contribution in [0.25, 0.3) is 27.9 Å². The van der Waals surface area contributed by atoms with Gasteiger partial charge in [0.2, 0.25) is 0 Å². The third-order valence-electron chi connectivity index (χ3n) is 6.11. The van der Waals surface area contributed by atoms with Gasteiger partial charge in [-0.3, -0.25) is 4.79 Å². The van der Waals surface area contributed by atoms with E-state index in [4.69, 9.17) is 0 Å². The number of nitrogens with one attached hydrogen (secondary N) is 3. The Morgan fingerprint density at radius 2 is 1.75 bits per heavy atom. The van der Waals surface area contributed by atoms with E-state index in [9.17, 15) is 13.6 Å². The van der Waals surface area contributed by atoms with Crippen molar-refractivity contribution in [3.05, 3.63) is 84.3 Å². The summed E-state index contributed by atoms with van der Waals surface area (Å²) in [5, 5.41) is 4.12. The number of hydrogen-bond donors (Lipinski definition) is 3. The van der Waals surface area contributed by atoms with Crippen LogP contribution in [-0.4, -0.2) is 51.3 Å². The predicted molar refractivity (Wildman–Crippen MR) is 132 cm³/mol. The summed E-state index contributed by atoms with van der Waals surface area (Å²) in [7, 11) is 0. The number of amides is 1. The van der Waals surface area contributed by atoms with Gasteiger partial charge in [-0.05, 0) is 41.5 Å². The van der Waals surface area contributed by atoms with E-state index in [-0.39, 0.29) is 5.69 Å². The Balaban J connectivity index is 1.22. The van der Waals surface area contributed by atoms with Crippen molar-refractivity contribution in [1.29, 1.82) is 0 Å². The highest BCUT2D eigenvalue weighted by molar-refractivity contribution is 5.96. The molecule has 1 saturated heterocycles. The van der Waals surface area contributed by atoms with Gasteiger partial charge < -0.3 is 15.6 Å². The van der Waals surface area contributed by atoms with E-state index in [0.29, 0.717) is 17.2 Å². The van der Waals surface area contributed by atoms with Gasteiger partial charge in [0.15, 0.2) is 5.82 Å². The summed E-state index contributed by atoms with van der Waals surface area (Å²) in [4.78, 5) is 27.1. The van der Waals surface area contributed by atoms with Crippen LogP contribution in [0.3, 0.4) is 0 Å². The van der Waals surface area contributed by atoms with Gasteiger partial charge in [0.05, 0.1) is 18.6 Å². The van der Waals surface area contributed by atoms with Crippen LogP contribution in [0.1, 0.15) is 16.1 Å². The molecule has 0 unspecified atom stereocenters. The van der Waals surface area contributed by atoms with Crippen molar-refractivity contribution in [1.82, 2.24) is 30.7 Å². The number of hydrogen-bond acceptors (Lipinski definition) is 7. The van der Waals surface area contributed by atoms with Crippen LogP contribution in [0, 0.1) is 0 Å². The summed E-state index contributed by atoms with van der Waals surface area (Å²) in [6.07, 6.45) is 3.61. The largest absolute Gasteiger partial charge is 0.340 e. The minimum atomic E-state index is -2.82.